The summed E-state index contributed by atoms with van der Waals surface area (Å²) in [6, 6.07) is 2.88. The van der Waals surface area contributed by atoms with Crippen LogP contribution in [0.5, 0.6) is 5.75 Å². The number of carbonyl (C=O) groups is 1. The maximum atomic E-state index is 13.7. The number of hydrogen-bond acceptors (Lipinski definition) is 3. The fourth-order valence-corrected chi connectivity index (χ4v) is 2.89. The summed E-state index contributed by atoms with van der Waals surface area (Å²) in [5.41, 5.74) is 0.915. The molecular formula is C12H13FO2S. The minimum absolute atomic E-state index is 0.121. The number of methoxy groups -OCH3 is 1. The van der Waals surface area contributed by atoms with Gasteiger partial charge in [0.25, 0.3) is 0 Å². The van der Waals surface area contributed by atoms with E-state index in [-0.39, 0.29) is 16.6 Å². The van der Waals surface area contributed by atoms with Crippen LogP contribution in [0, 0.1) is 5.82 Å². The number of hydrogen-bond donors (Lipinski definition) is 0. The number of benzene rings is 1. The first kappa shape index (κ1) is 11.5. The highest BCUT2D eigenvalue weighted by Gasteiger charge is 2.25. The molecule has 2 rings (SSSR count). The van der Waals surface area contributed by atoms with Crippen LogP contribution < -0.4 is 4.74 Å². The summed E-state index contributed by atoms with van der Waals surface area (Å²) in [6.07, 6.45) is 0.391. The van der Waals surface area contributed by atoms with Crippen molar-refractivity contribution in [2.75, 3.05) is 7.11 Å². The molecule has 1 atom stereocenters. The van der Waals surface area contributed by atoms with Crippen molar-refractivity contribution in [2.24, 2.45) is 0 Å². The van der Waals surface area contributed by atoms with Crippen molar-refractivity contribution in [3.05, 3.63) is 29.1 Å². The van der Waals surface area contributed by atoms with E-state index in [0.717, 1.165) is 0 Å². The van der Waals surface area contributed by atoms with Gasteiger partial charge < -0.3 is 4.74 Å². The van der Waals surface area contributed by atoms with E-state index >= 15 is 0 Å². The Morgan fingerprint density at radius 2 is 2.25 bits per heavy atom. The Bertz CT molecular complexity index is 431. The van der Waals surface area contributed by atoms with E-state index in [2.05, 4.69) is 0 Å². The minimum Gasteiger partial charge on any atom is -0.496 e. The van der Waals surface area contributed by atoms with E-state index in [9.17, 15) is 9.18 Å². The fourth-order valence-electron chi connectivity index (χ4n) is 1.88. The molecule has 0 radical (unpaired) electrons. The molecule has 1 aliphatic heterocycles. The van der Waals surface area contributed by atoms with E-state index in [0.29, 0.717) is 23.5 Å². The van der Waals surface area contributed by atoms with Gasteiger partial charge in [-0.2, -0.15) is 11.8 Å². The first-order valence-electron chi connectivity index (χ1n) is 5.13. The Labute approximate surface area is 98.2 Å². The van der Waals surface area contributed by atoms with Crippen molar-refractivity contribution in [2.45, 2.75) is 24.3 Å². The molecule has 0 aliphatic carbocycles. The van der Waals surface area contributed by atoms with Gasteiger partial charge in [0.05, 0.1) is 12.7 Å². The van der Waals surface area contributed by atoms with E-state index in [1.54, 1.807) is 17.8 Å². The Morgan fingerprint density at radius 3 is 2.94 bits per heavy atom. The van der Waals surface area contributed by atoms with E-state index in [1.807, 2.05) is 6.92 Å². The fraction of sp³-hybridized carbons (Fsp3) is 0.417. The molecule has 0 saturated carbocycles. The van der Waals surface area contributed by atoms with Crippen LogP contribution in [-0.2, 0) is 5.75 Å². The summed E-state index contributed by atoms with van der Waals surface area (Å²) in [6.45, 7) is 1.98. The molecule has 2 nitrogen and oxygen atoms in total. The van der Waals surface area contributed by atoms with Crippen LogP contribution in [0.4, 0.5) is 4.39 Å². The molecule has 0 N–H and O–H groups in total. The number of fused-ring (bicyclic) bond motifs is 1. The van der Waals surface area contributed by atoms with Crippen LogP contribution >= 0.6 is 11.8 Å². The first-order chi connectivity index (χ1) is 7.63. The predicted octanol–water partition coefficient (Wildman–Crippen LogP) is 3.04. The molecule has 86 valence electrons. The van der Waals surface area contributed by atoms with Gasteiger partial charge in [-0.05, 0) is 12.1 Å². The second kappa shape index (κ2) is 4.45. The number of halogens is 1. The van der Waals surface area contributed by atoms with Crippen LogP contribution in [0.2, 0.25) is 0 Å². The van der Waals surface area contributed by atoms with Crippen LogP contribution in [-0.4, -0.2) is 18.1 Å². The summed E-state index contributed by atoms with van der Waals surface area (Å²) < 4.78 is 18.8. The first-order valence-corrected chi connectivity index (χ1v) is 6.18. The Hall–Kier alpha value is -1.03. The van der Waals surface area contributed by atoms with Gasteiger partial charge in [-0.1, -0.05) is 6.92 Å². The number of ketones is 1. The zero-order valence-electron chi connectivity index (χ0n) is 9.25. The van der Waals surface area contributed by atoms with Crippen molar-refractivity contribution >= 4 is 17.5 Å². The van der Waals surface area contributed by atoms with Crippen LogP contribution in [0.15, 0.2) is 12.1 Å². The molecule has 1 aromatic rings. The lowest BCUT2D eigenvalue weighted by Crippen LogP contribution is -2.08. The summed E-state index contributed by atoms with van der Waals surface area (Å²) in [7, 11) is 1.54. The molecule has 4 heteroatoms. The molecule has 16 heavy (non-hydrogen) atoms. The normalized spacial score (nSPS) is 20.2. The highest BCUT2D eigenvalue weighted by atomic mass is 32.2. The number of ether oxygens (including phenoxy) is 1. The second-order valence-corrected chi connectivity index (χ2v) is 5.28. The zero-order chi connectivity index (χ0) is 11.7. The maximum Gasteiger partial charge on any atom is 0.167 e. The van der Waals surface area contributed by atoms with Gasteiger partial charge in [0, 0.05) is 23.0 Å². The Balaban J connectivity index is 2.57. The largest absolute Gasteiger partial charge is 0.496 e. The molecule has 0 fully saturated rings. The minimum atomic E-state index is -0.435. The highest BCUT2D eigenvalue weighted by Crippen LogP contribution is 2.35. The van der Waals surface area contributed by atoms with Gasteiger partial charge in [0.15, 0.2) is 5.78 Å². The lowest BCUT2D eigenvalue weighted by Gasteiger charge is -2.10. The zero-order valence-corrected chi connectivity index (χ0v) is 10.1. The van der Waals surface area contributed by atoms with Gasteiger partial charge >= 0.3 is 0 Å². The lowest BCUT2D eigenvalue weighted by atomic mass is 10.0. The maximum absolute atomic E-state index is 13.7. The molecule has 0 amide bonds. The van der Waals surface area contributed by atoms with Crippen molar-refractivity contribution in [1.82, 2.24) is 0 Å². The topological polar surface area (TPSA) is 26.3 Å². The SMILES string of the molecule is COc1ccc(F)c2c1CSC(C)CC2=O. The molecule has 1 heterocycles. The Morgan fingerprint density at radius 1 is 1.50 bits per heavy atom. The predicted molar refractivity (Wildman–Crippen MR) is 62.7 cm³/mol. The lowest BCUT2D eigenvalue weighted by molar-refractivity contribution is 0.0979. The van der Waals surface area contributed by atoms with Gasteiger partial charge in [0.2, 0.25) is 0 Å². The number of thioether (sulfide) groups is 1. The van der Waals surface area contributed by atoms with Gasteiger partial charge in [-0.25, -0.2) is 4.39 Å². The van der Waals surface area contributed by atoms with Crippen LogP contribution in [0.25, 0.3) is 0 Å². The van der Waals surface area contributed by atoms with Crippen LogP contribution in [0.3, 0.4) is 0 Å². The Kier molecular flexibility index (Phi) is 3.19. The number of Topliss-reactive ketones (excluding diaryl/α,β-unsaturated/α-hetero) is 1. The van der Waals surface area contributed by atoms with Crippen LogP contribution in [0.1, 0.15) is 29.3 Å². The standard InChI is InChI=1S/C12H13FO2S/c1-7-5-10(14)12-8(6-16-7)11(15-2)4-3-9(12)13/h3-4,7H,5-6H2,1-2H3. The van der Waals surface area contributed by atoms with Gasteiger partial charge in [0.1, 0.15) is 11.6 Å². The van der Waals surface area contributed by atoms with Gasteiger partial charge in [-0.3, -0.25) is 4.79 Å². The molecule has 0 bridgehead atoms. The average Bonchev–Trinajstić information content (AvgIpc) is 2.39. The quantitative estimate of drug-likeness (QED) is 0.754. The second-order valence-electron chi connectivity index (χ2n) is 3.85. The van der Waals surface area contributed by atoms with Crippen molar-refractivity contribution in [3.8, 4) is 5.75 Å². The van der Waals surface area contributed by atoms with Crippen molar-refractivity contribution in [3.63, 3.8) is 0 Å². The highest BCUT2D eigenvalue weighted by molar-refractivity contribution is 7.99. The van der Waals surface area contributed by atoms with Crippen molar-refractivity contribution in [1.29, 1.82) is 0 Å². The summed E-state index contributed by atoms with van der Waals surface area (Å²) in [4.78, 5) is 11.9. The van der Waals surface area contributed by atoms with E-state index in [4.69, 9.17) is 4.74 Å². The number of rotatable bonds is 1. The summed E-state index contributed by atoms with van der Waals surface area (Å²) in [5.74, 6) is 0.675. The molecule has 1 aliphatic rings. The van der Waals surface area contributed by atoms with E-state index < -0.39 is 5.82 Å². The smallest absolute Gasteiger partial charge is 0.167 e. The third-order valence-corrected chi connectivity index (χ3v) is 3.89. The third kappa shape index (κ3) is 1.94. The third-order valence-electron chi connectivity index (χ3n) is 2.70. The average molecular weight is 240 g/mol. The molecule has 0 aromatic heterocycles. The molecule has 1 unspecified atom stereocenters. The summed E-state index contributed by atoms with van der Waals surface area (Å²) >= 11 is 1.66. The molecule has 0 spiro atoms. The monoisotopic (exact) mass is 240 g/mol. The molecule has 1 aromatic carbocycles. The molecule has 0 saturated heterocycles. The van der Waals surface area contributed by atoms with E-state index in [1.165, 1.54) is 13.2 Å². The summed E-state index contributed by atoms with van der Waals surface area (Å²) in [5, 5.41) is 0.226. The number of carbonyl (C=O) groups excluding carboxylic acids is 1. The van der Waals surface area contributed by atoms with Gasteiger partial charge in [-0.15, -0.1) is 0 Å². The van der Waals surface area contributed by atoms with Crippen molar-refractivity contribution < 1.29 is 13.9 Å². The molecular weight excluding hydrogens is 227 g/mol.